The lowest BCUT2D eigenvalue weighted by Crippen LogP contribution is -1.75. The third kappa shape index (κ3) is 3.49. The van der Waals surface area contributed by atoms with Gasteiger partial charge in [-0.25, -0.2) is 0 Å². The van der Waals surface area contributed by atoms with Gasteiger partial charge in [-0.3, -0.25) is 0 Å². The third-order valence-electron chi connectivity index (χ3n) is 1.82. The van der Waals surface area contributed by atoms with E-state index in [-0.39, 0.29) is 0 Å². The van der Waals surface area contributed by atoms with Gasteiger partial charge in [0.1, 0.15) is 0 Å². The summed E-state index contributed by atoms with van der Waals surface area (Å²) in [7, 11) is 0. The van der Waals surface area contributed by atoms with Gasteiger partial charge in [-0.15, -0.1) is 0 Å². The highest BCUT2D eigenvalue weighted by atomic mass is 13.9. The lowest BCUT2D eigenvalue weighted by Gasteiger charge is -1.95. The summed E-state index contributed by atoms with van der Waals surface area (Å²) in [5.74, 6) is 0. The summed E-state index contributed by atoms with van der Waals surface area (Å²) in [5.41, 5.74) is 0. The van der Waals surface area contributed by atoms with Crippen molar-refractivity contribution in [2.75, 3.05) is 0 Å². The second-order valence-corrected chi connectivity index (χ2v) is 2.80. The molecule has 0 amide bonds. The number of rotatable bonds is 0. The topological polar surface area (TPSA) is 0 Å². The maximum atomic E-state index is 2.32. The van der Waals surface area contributed by atoms with Crippen LogP contribution >= 0.6 is 0 Å². The molecule has 0 bridgehead atoms. The molecule has 0 spiro atoms. The smallest absolute Gasteiger partial charge is 0.0316 e. The van der Waals surface area contributed by atoms with Crippen molar-refractivity contribution in [3.05, 3.63) is 24.3 Å². The predicted molar refractivity (Wildman–Crippen MR) is 46.0 cm³/mol. The van der Waals surface area contributed by atoms with Crippen molar-refractivity contribution in [2.24, 2.45) is 0 Å². The fourth-order valence-corrected chi connectivity index (χ4v) is 1.19. The van der Waals surface area contributed by atoms with Gasteiger partial charge in [-0.1, -0.05) is 24.3 Å². The van der Waals surface area contributed by atoms with Gasteiger partial charge in [0.2, 0.25) is 0 Å². The second kappa shape index (κ2) is 5.28. The van der Waals surface area contributed by atoms with Crippen LogP contribution in [0, 0.1) is 0 Å². The third-order valence-corrected chi connectivity index (χ3v) is 1.82. The maximum absolute atomic E-state index is 2.32. The van der Waals surface area contributed by atoms with Crippen molar-refractivity contribution in [2.45, 2.75) is 38.5 Å². The van der Waals surface area contributed by atoms with E-state index in [9.17, 15) is 0 Å². The molecular formula is C10H16. The largest absolute Gasteiger partial charge is 0.0885 e. The molecule has 56 valence electrons. The summed E-state index contributed by atoms with van der Waals surface area (Å²) in [6.45, 7) is 0. The van der Waals surface area contributed by atoms with E-state index in [0.29, 0.717) is 0 Å². The van der Waals surface area contributed by atoms with Crippen LogP contribution in [0.5, 0.6) is 0 Å². The van der Waals surface area contributed by atoms with E-state index >= 15 is 0 Å². The normalized spacial score (nSPS) is 20.8. The molecule has 0 aliphatic heterocycles. The molecule has 0 saturated carbocycles. The van der Waals surface area contributed by atoms with Crippen LogP contribution in [0.15, 0.2) is 24.3 Å². The zero-order valence-corrected chi connectivity index (χ0v) is 6.55. The predicted octanol–water partition coefficient (Wildman–Crippen LogP) is 3.45. The fourth-order valence-electron chi connectivity index (χ4n) is 1.19. The van der Waals surface area contributed by atoms with Crippen LogP contribution in [-0.2, 0) is 0 Å². The number of hydrogen-bond donors (Lipinski definition) is 0. The van der Waals surface area contributed by atoms with Crippen molar-refractivity contribution in [1.29, 1.82) is 0 Å². The number of hydrogen-bond acceptors (Lipinski definition) is 0. The Balaban J connectivity index is 2.23. The molecule has 0 radical (unpaired) electrons. The van der Waals surface area contributed by atoms with E-state index in [1.165, 1.54) is 38.5 Å². The van der Waals surface area contributed by atoms with Crippen LogP contribution in [-0.4, -0.2) is 0 Å². The molecule has 0 heteroatoms. The first-order chi connectivity index (χ1) is 5.00. The van der Waals surface area contributed by atoms with Crippen molar-refractivity contribution < 1.29 is 0 Å². The van der Waals surface area contributed by atoms with E-state index in [4.69, 9.17) is 0 Å². The molecule has 0 unspecified atom stereocenters. The van der Waals surface area contributed by atoms with Gasteiger partial charge in [-0.2, -0.15) is 0 Å². The maximum Gasteiger partial charge on any atom is -0.0316 e. The summed E-state index contributed by atoms with van der Waals surface area (Å²) < 4.78 is 0. The fraction of sp³-hybridized carbons (Fsp3) is 0.600. The highest BCUT2D eigenvalue weighted by Gasteiger charge is 1.85. The standard InChI is InChI=1S/C10H16/c1-2-4-6-8-10-9-7-5-3-1/h1-2,7,9H,3-6,8,10H2. The van der Waals surface area contributed by atoms with E-state index in [1.54, 1.807) is 0 Å². The van der Waals surface area contributed by atoms with E-state index < -0.39 is 0 Å². The van der Waals surface area contributed by atoms with Crippen LogP contribution < -0.4 is 0 Å². The molecule has 0 aromatic rings. The van der Waals surface area contributed by atoms with E-state index in [1.807, 2.05) is 0 Å². The van der Waals surface area contributed by atoms with Gasteiger partial charge in [0.05, 0.1) is 0 Å². The monoisotopic (exact) mass is 136 g/mol. The molecule has 0 nitrogen and oxygen atoms in total. The van der Waals surface area contributed by atoms with Gasteiger partial charge < -0.3 is 0 Å². The van der Waals surface area contributed by atoms with Crippen LogP contribution in [0.25, 0.3) is 0 Å². The van der Waals surface area contributed by atoms with Crippen molar-refractivity contribution in [3.8, 4) is 0 Å². The zero-order chi connectivity index (χ0) is 7.07. The molecule has 0 saturated heterocycles. The minimum atomic E-state index is 1.23. The summed E-state index contributed by atoms with van der Waals surface area (Å²) in [5, 5.41) is 0. The molecule has 0 aromatic heterocycles. The van der Waals surface area contributed by atoms with Crippen LogP contribution in [0.1, 0.15) is 38.5 Å². The minimum Gasteiger partial charge on any atom is -0.0885 e. The first kappa shape index (κ1) is 7.59. The highest BCUT2D eigenvalue weighted by molar-refractivity contribution is 4.89. The van der Waals surface area contributed by atoms with Crippen molar-refractivity contribution >= 4 is 0 Å². The lowest BCUT2D eigenvalue weighted by molar-refractivity contribution is 0.754. The first-order valence-corrected chi connectivity index (χ1v) is 4.30. The molecule has 10 heavy (non-hydrogen) atoms. The Morgan fingerprint density at radius 1 is 0.500 bits per heavy atom. The highest BCUT2D eigenvalue weighted by Crippen LogP contribution is 2.05. The molecule has 1 aliphatic carbocycles. The summed E-state index contributed by atoms with van der Waals surface area (Å²) in [4.78, 5) is 0. The number of allylic oxidation sites excluding steroid dienone is 4. The second-order valence-electron chi connectivity index (χ2n) is 2.80. The summed E-state index contributed by atoms with van der Waals surface area (Å²) in [6.07, 6.45) is 17.0. The van der Waals surface area contributed by atoms with E-state index in [2.05, 4.69) is 24.3 Å². The molecule has 0 atom stereocenters. The molecule has 0 heterocycles. The van der Waals surface area contributed by atoms with E-state index in [0.717, 1.165) is 0 Å². The van der Waals surface area contributed by atoms with Gasteiger partial charge in [0.15, 0.2) is 0 Å². The summed E-state index contributed by atoms with van der Waals surface area (Å²) in [6, 6.07) is 0. The Hall–Kier alpha value is -0.520. The van der Waals surface area contributed by atoms with Crippen molar-refractivity contribution in [1.82, 2.24) is 0 Å². The van der Waals surface area contributed by atoms with Gasteiger partial charge >= 0.3 is 0 Å². The zero-order valence-electron chi connectivity index (χ0n) is 6.55. The van der Waals surface area contributed by atoms with Gasteiger partial charge in [-0.05, 0) is 38.5 Å². The van der Waals surface area contributed by atoms with Crippen LogP contribution in [0.3, 0.4) is 0 Å². The summed E-state index contributed by atoms with van der Waals surface area (Å²) >= 11 is 0. The van der Waals surface area contributed by atoms with Gasteiger partial charge in [0, 0.05) is 0 Å². The molecule has 1 aliphatic rings. The minimum absolute atomic E-state index is 1.23. The quantitative estimate of drug-likeness (QED) is 0.447. The SMILES string of the molecule is C1=CCCCCC=CCC1. The van der Waals surface area contributed by atoms with Crippen molar-refractivity contribution in [3.63, 3.8) is 0 Å². The Labute approximate surface area is 63.6 Å². The lowest BCUT2D eigenvalue weighted by atomic mass is 10.1. The molecule has 0 aromatic carbocycles. The average Bonchev–Trinajstić information content (AvgIpc) is 2.01. The Morgan fingerprint density at radius 3 is 1.40 bits per heavy atom. The first-order valence-electron chi connectivity index (χ1n) is 4.30. The molecular weight excluding hydrogens is 120 g/mol. The van der Waals surface area contributed by atoms with Crippen LogP contribution in [0.4, 0.5) is 0 Å². The van der Waals surface area contributed by atoms with Gasteiger partial charge in [0.25, 0.3) is 0 Å². The Morgan fingerprint density at radius 2 is 0.900 bits per heavy atom. The Bertz CT molecular complexity index is 104. The molecule has 0 N–H and O–H groups in total. The Kier molecular flexibility index (Phi) is 4.00. The average molecular weight is 136 g/mol. The molecule has 0 fully saturated rings. The van der Waals surface area contributed by atoms with Crippen LogP contribution in [0.2, 0.25) is 0 Å². The molecule has 1 rings (SSSR count).